The molecule has 0 aliphatic rings. The molecule has 0 amide bonds. The smallest absolute Gasteiger partial charge is 0.269 e. The highest BCUT2D eigenvalue weighted by Gasteiger charge is 1.98. The summed E-state index contributed by atoms with van der Waals surface area (Å²) in [6.45, 7) is 0. The van der Waals surface area contributed by atoms with E-state index in [4.69, 9.17) is 0 Å². The summed E-state index contributed by atoms with van der Waals surface area (Å²) in [5.74, 6) is 0. The molecule has 0 unspecified atom stereocenters. The molecule has 0 N–H and O–H groups in total. The van der Waals surface area contributed by atoms with Gasteiger partial charge in [-0.15, -0.1) is 0 Å². The van der Waals surface area contributed by atoms with E-state index in [0.29, 0.717) is 0 Å². The summed E-state index contributed by atoms with van der Waals surface area (Å²) in [7, 11) is 0. The van der Waals surface area contributed by atoms with Gasteiger partial charge in [0.1, 0.15) is 0 Å². The molecular formula is C6H5FNO2-. The Hall–Kier alpha value is -1.45. The lowest BCUT2D eigenvalue weighted by atomic mass is 10.3. The zero-order valence-electron chi connectivity index (χ0n) is 5.03. The largest absolute Gasteiger partial charge is 1.00 e. The number of halogens is 1. The first-order valence-electron chi connectivity index (χ1n) is 2.50. The first-order valence-corrected chi connectivity index (χ1v) is 2.50. The van der Waals surface area contributed by atoms with Crippen LogP contribution in [0.5, 0.6) is 0 Å². The van der Waals surface area contributed by atoms with Gasteiger partial charge in [0.2, 0.25) is 0 Å². The van der Waals surface area contributed by atoms with Crippen LogP contribution in [-0.2, 0) is 0 Å². The van der Waals surface area contributed by atoms with Crippen molar-refractivity contribution in [3.63, 3.8) is 0 Å². The Morgan fingerprint density at radius 1 is 1.20 bits per heavy atom. The summed E-state index contributed by atoms with van der Waals surface area (Å²) in [4.78, 5) is 9.59. The maximum atomic E-state index is 10.0. The lowest BCUT2D eigenvalue weighted by molar-refractivity contribution is -0.384. The number of para-hydroxylation sites is 1. The average Bonchev–Trinajstić information content (AvgIpc) is 1.90. The van der Waals surface area contributed by atoms with Crippen LogP contribution in [0.4, 0.5) is 5.69 Å². The van der Waals surface area contributed by atoms with Crippen molar-refractivity contribution in [1.29, 1.82) is 0 Å². The van der Waals surface area contributed by atoms with Gasteiger partial charge in [-0.2, -0.15) is 0 Å². The first kappa shape index (κ1) is 8.55. The Bertz CT molecular complexity index is 212. The van der Waals surface area contributed by atoms with Crippen LogP contribution in [0.1, 0.15) is 0 Å². The van der Waals surface area contributed by atoms with Gasteiger partial charge in [-0.3, -0.25) is 10.1 Å². The van der Waals surface area contributed by atoms with Crippen LogP contribution in [-0.4, -0.2) is 4.92 Å². The fourth-order valence-corrected chi connectivity index (χ4v) is 0.550. The molecule has 1 aromatic rings. The second kappa shape index (κ2) is 3.55. The quantitative estimate of drug-likeness (QED) is 0.357. The van der Waals surface area contributed by atoms with Crippen LogP contribution in [0.3, 0.4) is 0 Å². The number of non-ortho nitro benzene ring substituents is 1. The predicted molar refractivity (Wildman–Crippen MR) is 33.1 cm³/mol. The van der Waals surface area contributed by atoms with Gasteiger partial charge in [-0.25, -0.2) is 0 Å². The Morgan fingerprint density at radius 2 is 1.70 bits per heavy atom. The fourth-order valence-electron chi connectivity index (χ4n) is 0.550. The molecule has 0 bridgehead atoms. The van der Waals surface area contributed by atoms with Gasteiger partial charge in [-0.05, 0) is 0 Å². The minimum atomic E-state index is -0.417. The molecule has 54 valence electrons. The summed E-state index contributed by atoms with van der Waals surface area (Å²) < 4.78 is 0. The van der Waals surface area contributed by atoms with E-state index in [1.165, 1.54) is 12.1 Å². The van der Waals surface area contributed by atoms with Crippen LogP contribution in [0.2, 0.25) is 0 Å². The molecule has 4 heteroatoms. The molecule has 0 saturated heterocycles. The van der Waals surface area contributed by atoms with E-state index < -0.39 is 4.92 Å². The van der Waals surface area contributed by atoms with Gasteiger partial charge in [0, 0.05) is 12.1 Å². The highest BCUT2D eigenvalue weighted by molar-refractivity contribution is 5.27. The van der Waals surface area contributed by atoms with Crippen LogP contribution < -0.4 is 4.70 Å². The highest BCUT2D eigenvalue weighted by atomic mass is 19.0. The molecular weight excluding hydrogens is 137 g/mol. The minimum Gasteiger partial charge on any atom is -1.00 e. The number of benzene rings is 1. The molecule has 1 aromatic carbocycles. The first-order chi connectivity index (χ1) is 4.30. The van der Waals surface area contributed by atoms with Gasteiger partial charge < -0.3 is 4.70 Å². The minimum absolute atomic E-state index is 0. The third kappa shape index (κ3) is 1.81. The van der Waals surface area contributed by atoms with Crippen molar-refractivity contribution in [2.75, 3.05) is 0 Å². The summed E-state index contributed by atoms with van der Waals surface area (Å²) in [6.07, 6.45) is 0. The molecule has 0 saturated carbocycles. The third-order valence-corrected chi connectivity index (χ3v) is 0.967. The molecule has 0 heterocycles. The normalized spacial score (nSPS) is 8.00. The summed E-state index contributed by atoms with van der Waals surface area (Å²) in [5, 5.41) is 10.0. The van der Waals surface area contributed by atoms with Gasteiger partial charge >= 0.3 is 0 Å². The highest BCUT2D eigenvalue weighted by Crippen LogP contribution is 2.06. The maximum absolute atomic E-state index is 10.0. The van der Waals surface area contributed by atoms with Crippen LogP contribution in [0.25, 0.3) is 0 Å². The number of hydrogen-bond acceptors (Lipinski definition) is 2. The van der Waals surface area contributed by atoms with Crippen molar-refractivity contribution in [2.45, 2.75) is 0 Å². The second-order valence-corrected chi connectivity index (χ2v) is 1.59. The lowest BCUT2D eigenvalue weighted by Crippen LogP contribution is -3.00. The number of nitro benzene ring substituents is 1. The van der Waals surface area contributed by atoms with E-state index in [-0.39, 0.29) is 10.4 Å². The molecule has 0 radical (unpaired) electrons. The Labute approximate surface area is 56.8 Å². The van der Waals surface area contributed by atoms with Gasteiger partial charge in [0.05, 0.1) is 4.92 Å². The zero-order valence-corrected chi connectivity index (χ0v) is 5.03. The molecule has 3 nitrogen and oxygen atoms in total. The topological polar surface area (TPSA) is 43.1 Å². The predicted octanol–water partition coefficient (Wildman–Crippen LogP) is -1.40. The molecule has 0 fully saturated rings. The molecule has 0 aliphatic carbocycles. The second-order valence-electron chi connectivity index (χ2n) is 1.59. The van der Waals surface area contributed by atoms with E-state index >= 15 is 0 Å². The third-order valence-electron chi connectivity index (χ3n) is 0.967. The monoisotopic (exact) mass is 142 g/mol. The number of hydrogen-bond donors (Lipinski definition) is 0. The standard InChI is InChI=1S/C6H5NO2.FH/c8-7(9)6-4-2-1-3-5-6;/h1-5H;1H/p-1. The fraction of sp³-hybridized carbons (Fsp3) is 0. The van der Waals surface area contributed by atoms with Crippen molar-refractivity contribution < 1.29 is 9.63 Å². The van der Waals surface area contributed by atoms with Gasteiger partial charge in [0.25, 0.3) is 5.69 Å². The van der Waals surface area contributed by atoms with E-state index in [2.05, 4.69) is 0 Å². The van der Waals surface area contributed by atoms with E-state index in [1.54, 1.807) is 18.2 Å². The SMILES string of the molecule is O=[N+]([O-])c1ccccc1.[F-]. The molecule has 10 heavy (non-hydrogen) atoms. The molecule has 0 spiro atoms. The van der Waals surface area contributed by atoms with Crippen molar-refractivity contribution >= 4 is 5.69 Å². The summed E-state index contributed by atoms with van der Waals surface area (Å²) >= 11 is 0. The van der Waals surface area contributed by atoms with E-state index in [1.807, 2.05) is 0 Å². The van der Waals surface area contributed by atoms with Crippen molar-refractivity contribution in [3.8, 4) is 0 Å². The molecule has 0 atom stereocenters. The summed E-state index contributed by atoms with van der Waals surface area (Å²) in [5.41, 5.74) is 0.137. The van der Waals surface area contributed by atoms with E-state index in [0.717, 1.165) is 0 Å². The van der Waals surface area contributed by atoms with Crippen LogP contribution in [0, 0.1) is 10.1 Å². The van der Waals surface area contributed by atoms with Crippen LogP contribution in [0.15, 0.2) is 30.3 Å². The summed E-state index contributed by atoms with van der Waals surface area (Å²) in [6, 6.07) is 7.93. The van der Waals surface area contributed by atoms with Crippen molar-refractivity contribution in [1.82, 2.24) is 0 Å². The Balaban J connectivity index is 0.000000810. The lowest BCUT2D eigenvalue weighted by Gasteiger charge is -1.85. The Kier molecular flexibility index (Phi) is 3.04. The molecule has 0 aromatic heterocycles. The van der Waals surface area contributed by atoms with Crippen LogP contribution >= 0.6 is 0 Å². The van der Waals surface area contributed by atoms with E-state index in [9.17, 15) is 10.1 Å². The molecule has 0 aliphatic heterocycles. The number of nitro groups is 1. The van der Waals surface area contributed by atoms with Crippen molar-refractivity contribution in [3.05, 3.63) is 40.4 Å². The average molecular weight is 142 g/mol. The number of rotatable bonds is 1. The molecule has 1 rings (SSSR count). The Morgan fingerprint density at radius 3 is 2.00 bits per heavy atom. The van der Waals surface area contributed by atoms with Crippen molar-refractivity contribution in [2.24, 2.45) is 0 Å². The maximum Gasteiger partial charge on any atom is 0.269 e. The zero-order chi connectivity index (χ0) is 6.69. The van der Waals surface area contributed by atoms with Gasteiger partial charge in [0.15, 0.2) is 0 Å². The number of nitrogens with zero attached hydrogens (tertiary/aromatic N) is 1. The van der Waals surface area contributed by atoms with Gasteiger partial charge in [-0.1, -0.05) is 18.2 Å².